The number of ether oxygens (including phenoxy) is 4. The molecule has 0 fully saturated rings. The molecule has 0 radical (unpaired) electrons. The molecule has 0 aromatic heterocycles. The van der Waals surface area contributed by atoms with Crippen molar-refractivity contribution in [1.82, 2.24) is 0 Å². The average molecular weight is 448 g/mol. The second-order valence-corrected chi connectivity index (χ2v) is 7.20. The molecule has 0 atom stereocenters. The van der Waals surface area contributed by atoms with Crippen LogP contribution in [-0.2, 0) is 6.42 Å². The molecule has 0 saturated carbocycles. The van der Waals surface area contributed by atoms with E-state index in [1.54, 1.807) is 24.3 Å². The number of hydrogen-bond donors (Lipinski definition) is 1. The van der Waals surface area contributed by atoms with Crippen LogP contribution in [0.1, 0.15) is 27.0 Å². The van der Waals surface area contributed by atoms with E-state index in [2.05, 4.69) is 0 Å². The first-order valence-corrected chi connectivity index (χ1v) is 10.2. The Bertz CT molecular complexity index is 1220. The van der Waals surface area contributed by atoms with E-state index in [-0.39, 0.29) is 22.9 Å². The number of fused-ring (bicyclic) bond motifs is 1. The average Bonchev–Trinajstić information content (AvgIpc) is 3.10. The summed E-state index contributed by atoms with van der Waals surface area (Å²) in [5.74, 6) is 1.26. The second-order valence-electron chi connectivity index (χ2n) is 7.01. The summed E-state index contributed by atoms with van der Waals surface area (Å²) in [5.41, 5.74) is 3.60. The topological polar surface area (TPSA) is 74.2 Å². The normalized spacial score (nSPS) is 13.4. The predicted octanol–water partition coefficient (Wildman–Crippen LogP) is 4.95. The minimum absolute atomic E-state index is 0.0472. The Morgan fingerprint density at radius 3 is 2.47 bits per heavy atom. The van der Waals surface area contributed by atoms with Crippen molar-refractivity contribution in [3.05, 3.63) is 82.6 Å². The highest BCUT2D eigenvalue weighted by Crippen LogP contribution is 2.44. The van der Waals surface area contributed by atoms with Crippen molar-refractivity contribution in [3.63, 3.8) is 0 Å². The molecule has 6 nitrogen and oxygen atoms in total. The largest absolute Gasteiger partial charge is 0.507 e. The number of methoxy groups -OCH3 is 2. The van der Waals surface area contributed by atoms with E-state index in [4.69, 9.17) is 31.2 Å². The lowest BCUT2D eigenvalue weighted by molar-refractivity contribution is 0.101. The van der Waals surface area contributed by atoms with E-state index < -0.39 is 0 Å². The minimum atomic E-state index is -0.317. The van der Waals surface area contributed by atoms with Gasteiger partial charge in [-0.15, -0.1) is 0 Å². The number of benzene rings is 3. The van der Waals surface area contributed by atoms with E-state index in [1.807, 2.05) is 30.3 Å². The Kier molecular flexibility index (Phi) is 6.09. The van der Waals surface area contributed by atoms with Gasteiger partial charge in [-0.3, -0.25) is 4.79 Å². The summed E-state index contributed by atoms with van der Waals surface area (Å²) in [6.45, 7) is 0. The standard InChI is InChI=1S/C25H20O6S/c1-28-24-16(10-15-6-4-3-5-7-15)11-20(26)19(25(24)29-2)13-22-23(27)18-9-8-17(30-14-32)12-21(18)31-22/h3-9,11-14,26H,10H2,1-2H3. The summed E-state index contributed by atoms with van der Waals surface area (Å²) >= 11 is 4.69. The number of allylic oxidation sites excluding steroid dienone is 1. The van der Waals surface area contributed by atoms with Gasteiger partial charge in [-0.2, -0.15) is 0 Å². The zero-order valence-corrected chi connectivity index (χ0v) is 18.3. The van der Waals surface area contributed by atoms with E-state index in [0.29, 0.717) is 35.0 Å². The molecule has 32 heavy (non-hydrogen) atoms. The molecule has 1 aliphatic heterocycles. The number of ketones is 1. The maximum Gasteiger partial charge on any atom is 0.231 e. The number of aromatic hydroxyl groups is 1. The molecule has 1 aliphatic rings. The molecule has 0 unspecified atom stereocenters. The Balaban J connectivity index is 1.74. The van der Waals surface area contributed by atoms with Crippen LogP contribution in [0.5, 0.6) is 28.7 Å². The van der Waals surface area contributed by atoms with Crippen molar-refractivity contribution in [2.24, 2.45) is 0 Å². The molecular formula is C25H20O6S. The number of phenols is 1. The molecule has 162 valence electrons. The summed E-state index contributed by atoms with van der Waals surface area (Å²) in [6, 6.07) is 16.2. The first kappa shape index (κ1) is 21.4. The molecule has 0 aliphatic carbocycles. The van der Waals surface area contributed by atoms with Crippen molar-refractivity contribution in [2.75, 3.05) is 14.2 Å². The second kappa shape index (κ2) is 9.11. The van der Waals surface area contributed by atoms with Crippen molar-refractivity contribution in [3.8, 4) is 28.7 Å². The van der Waals surface area contributed by atoms with Gasteiger partial charge in [-0.05, 0) is 42.1 Å². The van der Waals surface area contributed by atoms with Crippen LogP contribution >= 0.6 is 12.2 Å². The van der Waals surface area contributed by atoms with Gasteiger partial charge in [-0.1, -0.05) is 30.3 Å². The number of carbonyl (C=O) groups excluding carboxylic acids is 1. The van der Waals surface area contributed by atoms with Crippen LogP contribution < -0.4 is 18.9 Å². The molecule has 0 amide bonds. The number of hydrogen-bond acceptors (Lipinski definition) is 7. The molecule has 4 rings (SSSR count). The van der Waals surface area contributed by atoms with Crippen LogP contribution in [-0.4, -0.2) is 30.7 Å². The summed E-state index contributed by atoms with van der Waals surface area (Å²) < 4.78 is 22.1. The molecule has 0 saturated heterocycles. The summed E-state index contributed by atoms with van der Waals surface area (Å²) in [7, 11) is 3.01. The summed E-state index contributed by atoms with van der Waals surface area (Å²) in [6.07, 6.45) is 1.99. The van der Waals surface area contributed by atoms with Gasteiger partial charge in [0.15, 0.2) is 22.8 Å². The van der Waals surface area contributed by atoms with Gasteiger partial charge >= 0.3 is 0 Å². The molecular weight excluding hydrogens is 428 g/mol. The quantitative estimate of drug-likeness (QED) is 0.405. The van der Waals surface area contributed by atoms with Crippen LogP contribution in [0.3, 0.4) is 0 Å². The molecule has 1 heterocycles. The Morgan fingerprint density at radius 2 is 1.78 bits per heavy atom. The zero-order chi connectivity index (χ0) is 22.7. The molecule has 3 aromatic carbocycles. The lowest BCUT2D eigenvalue weighted by atomic mass is 9.99. The molecule has 1 N–H and O–H groups in total. The maximum atomic E-state index is 12.8. The lowest BCUT2D eigenvalue weighted by Gasteiger charge is -2.17. The highest BCUT2D eigenvalue weighted by atomic mass is 32.1. The highest BCUT2D eigenvalue weighted by molar-refractivity contribution is 7.78. The van der Waals surface area contributed by atoms with E-state index in [9.17, 15) is 9.90 Å². The predicted molar refractivity (Wildman–Crippen MR) is 124 cm³/mol. The Morgan fingerprint density at radius 1 is 1.03 bits per heavy atom. The number of Topliss-reactive ketones (excluding diaryl/α,β-unsaturated/α-hetero) is 1. The summed E-state index contributed by atoms with van der Waals surface area (Å²) in [4.78, 5) is 12.8. The van der Waals surface area contributed by atoms with Gasteiger partial charge in [0.25, 0.3) is 0 Å². The van der Waals surface area contributed by atoms with Crippen LogP contribution in [0.2, 0.25) is 0 Å². The lowest BCUT2D eigenvalue weighted by Crippen LogP contribution is -2.02. The van der Waals surface area contributed by atoms with Crippen LogP contribution in [0.15, 0.2) is 60.4 Å². The molecule has 0 bridgehead atoms. The van der Waals surface area contributed by atoms with Crippen LogP contribution in [0, 0.1) is 0 Å². The van der Waals surface area contributed by atoms with Gasteiger partial charge in [0.2, 0.25) is 5.78 Å². The van der Waals surface area contributed by atoms with E-state index in [0.717, 1.165) is 16.7 Å². The molecule has 3 aromatic rings. The van der Waals surface area contributed by atoms with Gasteiger partial charge in [0, 0.05) is 18.1 Å². The van der Waals surface area contributed by atoms with Gasteiger partial charge < -0.3 is 24.1 Å². The van der Waals surface area contributed by atoms with E-state index in [1.165, 1.54) is 20.3 Å². The first-order valence-electron chi connectivity index (χ1n) is 9.75. The summed E-state index contributed by atoms with van der Waals surface area (Å²) in [5, 5.41) is 10.8. The van der Waals surface area contributed by atoms with Crippen molar-refractivity contribution in [1.29, 1.82) is 0 Å². The fourth-order valence-corrected chi connectivity index (χ4v) is 3.74. The Labute approximate surface area is 190 Å². The Hall–Kier alpha value is -3.84. The van der Waals surface area contributed by atoms with Gasteiger partial charge in [0.1, 0.15) is 17.2 Å². The fraction of sp³-hybridized carbons (Fsp3) is 0.120. The zero-order valence-electron chi connectivity index (χ0n) is 17.5. The first-order chi connectivity index (χ1) is 15.5. The monoisotopic (exact) mass is 448 g/mol. The van der Waals surface area contributed by atoms with E-state index >= 15 is 0 Å². The SMILES string of the molecule is COc1c(Cc2ccccc2)cc(O)c(C=C2Oc3cc(OC=S)ccc3C2=O)c1OC. The molecule has 0 spiro atoms. The highest BCUT2D eigenvalue weighted by Gasteiger charge is 2.29. The maximum absolute atomic E-state index is 12.8. The van der Waals surface area contributed by atoms with Gasteiger partial charge in [-0.25, -0.2) is 0 Å². The number of thiocarbonyl (C=S) groups is 1. The van der Waals surface area contributed by atoms with Crippen LogP contribution in [0.25, 0.3) is 6.08 Å². The van der Waals surface area contributed by atoms with Crippen molar-refractivity contribution in [2.45, 2.75) is 6.42 Å². The third-order valence-electron chi connectivity index (χ3n) is 5.08. The number of rotatable bonds is 7. The number of phenolic OH excluding ortho intramolecular Hbond substituents is 1. The fourth-order valence-electron chi connectivity index (χ4n) is 3.63. The van der Waals surface area contributed by atoms with Crippen molar-refractivity contribution >= 4 is 29.6 Å². The number of carbonyl (C=O) groups is 1. The van der Waals surface area contributed by atoms with Gasteiger partial charge in [0.05, 0.1) is 25.3 Å². The third kappa shape index (κ3) is 4.02. The third-order valence-corrected chi connectivity index (χ3v) is 5.17. The van der Waals surface area contributed by atoms with Crippen LogP contribution in [0.4, 0.5) is 0 Å². The minimum Gasteiger partial charge on any atom is -0.507 e. The smallest absolute Gasteiger partial charge is 0.231 e. The molecule has 7 heteroatoms. The van der Waals surface area contributed by atoms with Crippen molar-refractivity contribution < 1.29 is 28.8 Å².